The second-order valence-corrected chi connectivity index (χ2v) is 7.81. The number of fused-ring (bicyclic) bond motifs is 1. The molecule has 0 spiro atoms. The van der Waals surface area contributed by atoms with Gasteiger partial charge in [-0.05, 0) is 0 Å². The van der Waals surface area contributed by atoms with Gasteiger partial charge in [-0.25, -0.2) is 0 Å². The first-order valence-corrected chi connectivity index (χ1v) is 9.36. The number of methoxy groups -OCH3 is 3. The van der Waals surface area contributed by atoms with Crippen molar-refractivity contribution in [3.05, 3.63) is 41.6 Å². The summed E-state index contributed by atoms with van der Waals surface area (Å²) in [6.45, 7) is 4.27. The van der Waals surface area contributed by atoms with E-state index in [0.717, 1.165) is 0 Å². The fourth-order valence-corrected chi connectivity index (χ4v) is 5.04. The number of benzene rings is 2. The molecule has 0 amide bonds. The molecule has 0 fully saturated rings. The van der Waals surface area contributed by atoms with E-state index in [1.54, 1.807) is 21.3 Å². The van der Waals surface area contributed by atoms with Gasteiger partial charge in [-0.2, -0.15) is 0 Å². The summed E-state index contributed by atoms with van der Waals surface area (Å²) in [7, 11) is 4.92. The summed E-state index contributed by atoms with van der Waals surface area (Å²) in [6, 6.07) is 10.5. The van der Waals surface area contributed by atoms with Crippen LogP contribution in [0.4, 0.5) is 0 Å². The van der Waals surface area contributed by atoms with Gasteiger partial charge in [0, 0.05) is 0 Å². The third kappa shape index (κ3) is 2.85. The van der Waals surface area contributed by atoms with E-state index in [0.29, 0.717) is 17.2 Å². The van der Waals surface area contributed by atoms with Gasteiger partial charge in [-0.1, -0.05) is 0 Å². The van der Waals surface area contributed by atoms with Crippen molar-refractivity contribution in [2.45, 2.75) is 13.8 Å². The van der Waals surface area contributed by atoms with Crippen LogP contribution in [0.2, 0.25) is 0 Å². The Morgan fingerprint density at radius 3 is 2.17 bits per heavy atom. The Balaban J connectivity index is 2.09. The van der Waals surface area contributed by atoms with E-state index in [9.17, 15) is 0 Å². The van der Waals surface area contributed by atoms with Gasteiger partial charge in [0.25, 0.3) is 0 Å². The summed E-state index contributed by atoms with van der Waals surface area (Å²) in [6.07, 6.45) is 0. The third-order valence-corrected chi connectivity index (χ3v) is 6.55. The number of nitrogens with one attached hydrogen (secondary N) is 1. The molecule has 0 aliphatic rings. The summed E-state index contributed by atoms with van der Waals surface area (Å²) in [5.41, 5.74) is 3.70. The summed E-state index contributed by atoms with van der Waals surface area (Å²) < 4.78 is 18.9. The minimum absolute atomic E-state index is 0.128. The molecule has 3 aromatic rings. The van der Waals surface area contributed by atoms with Gasteiger partial charge in [0.2, 0.25) is 0 Å². The number of hydrogen-bond donors (Lipinski definition) is 1. The zero-order valence-corrected chi connectivity index (χ0v) is 16.2. The van der Waals surface area contributed by atoms with Gasteiger partial charge in [0.05, 0.1) is 0 Å². The third-order valence-electron chi connectivity index (χ3n) is 4.03. The summed E-state index contributed by atoms with van der Waals surface area (Å²) in [4.78, 5) is 3.52. The maximum atomic E-state index is 5.47. The van der Waals surface area contributed by atoms with E-state index in [1.165, 1.54) is 31.1 Å². The van der Waals surface area contributed by atoms with Crippen molar-refractivity contribution in [2.75, 3.05) is 21.3 Å². The van der Waals surface area contributed by atoms with Gasteiger partial charge in [0.1, 0.15) is 0 Å². The van der Waals surface area contributed by atoms with Crippen LogP contribution in [0.25, 0.3) is 10.9 Å². The molecule has 2 aromatic carbocycles. The first kappa shape index (κ1) is 16.7. The molecule has 0 aliphatic carbocycles. The summed E-state index contributed by atoms with van der Waals surface area (Å²) in [5, 5.41) is 1.29. The van der Waals surface area contributed by atoms with Crippen molar-refractivity contribution in [3.63, 3.8) is 0 Å². The molecule has 3 rings (SSSR count). The Kier molecular flexibility index (Phi) is 4.74. The summed E-state index contributed by atoms with van der Waals surface area (Å²) in [5.74, 6) is 2.02. The van der Waals surface area contributed by atoms with Crippen LogP contribution in [0.1, 0.15) is 11.3 Å². The Labute approximate surface area is 148 Å². The molecule has 1 N–H and O–H groups in total. The molecular formula is C19H21NO3Se. The first-order valence-electron chi connectivity index (χ1n) is 7.64. The fourth-order valence-electron chi connectivity index (χ4n) is 2.83. The molecule has 4 nitrogen and oxygen atoms in total. The monoisotopic (exact) mass is 391 g/mol. The number of hydrogen-bond acceptors (Lipinski definition) is 3. The Hall–Kier alpha value is -2.10. The predicted molar refractivity (Wildman–Crippen MR) is 98.9 cm³/mol. The van der Waals surface area contributed by atoms with Gasteiger partial charge in [0.15, 0.2) is 0 Å². The van der Waals surface area contributed by atoms with Crippen molar-refractivity contribution < 1.29 is 14.2 Å². The van der Waals surface area contributed by atoms with Crippen LogP contribution in [-0.2, 0) is 0 Å². The molecule has 1 aromatic heterocycles. The number of H-pyrrole nitrogens is 1. The quantitative estimate of drug-likeness (QED) is 0.681. The van der Waals surface area contributed by atoms with Crippen LogP contribution in [0.5, 0.6) is 17.2 Å². The van der Waals surface area contributed by atoms with Crippen LogP contribution in [-0.4, -0.2) is 41.3 Å². The average Bonchev–Trinajstić information content (AvgIpc) is 2.91. The first-order chi connectivity index (χ1) is 11.6. The number of aryl methyl sites for hydroxylation is 2. The number of aromatic amines is 1. The normalized spacial score (nSPS) is 10.9. The maximum absolute atomic E-state index is 5.47. The SMILES string of the molecule is COc1cc([Se]c2c(C)[nH]c3c(C)cccc23)cc(OC)c1OC. The van der Waals surface area contributed by atoms with Crippen molar-refractivity contribution in [2.24, 2.45) is 0 Å². The predicted octanol–water partition coefficient (Wildman–Crippen LogP) is 2.47. The molecule has 126 valence electrons. The molecule has 0 bridgehead atoms. The second kappa shape index (κ2) is 6.79. The zero-order chi connectivity index (χ0) is 17.3. The number of para-hydroxylation sites is 1. The molecule has 5 heteroatoms. The fraction of sp³-hybridized carbons (Fsp3) is 0.263. The molecule has 0 radical (unpaired) electrons. The van der Waals surface area contributed by atoms with E-state index in [2.05, 4.69) is 37.0 Å². The topological polar surface area (TPSA) is 43.5 Å². The molecule has 24 heavy (non-hydrogen) atoms. The minimum atomic E-state index is 0.128. The van der Waals surface area contributed by atoms with E-state index in [1.807, 2.05) is 12.1 Å². The van der Waals surface area contributed by atoms with Gasteiger partial charge >= 0.3 is 148 Å². The van der Waals surface area contributed by atoms with Crippen molar-refractivity contribution >= 4 is 34.8 Å². The van der Waals surface area contributed by atoms with E-state index in [-0.39, 0.29) is 15.0 Å². The molecule has 0 saturated carbocycles. The molecule has 0 saturated heterocycles. The van der Waals surface area contributed by atoms with E-state index >= 15 is 0 Å². The Bertz CT molecular complexity index is 861. The zero-order valence-electron chi connectivity index (χ0n) is 14.5. The van der Waals surface area contributed by atoms with Crippen LogP contribution in [0.15, 0.2) is 30.3 Å². The van der Waals surface area contributed by atoms with Crippen molar-refractivity contribution in [3.8, 4) is 17.2 Å². The Morgan fingerprint density at radius 2 is 1.58 bits per heavy atom. The van der Waals surface area contributed by atoms with Gasteiger partial charge in [-0.15, -0.1) is 0 Å². The standard InChI is InChI=1S/C19H21NO3Se/c1-11-7-6-8-14-17(11)20-12(2)19(14)24-13-9-15(21-3)18(23-5)16(10-13)22-4/h6-10,20H,1-5H3. The van der Waals surface area contributed by atoms with Gasteiger partial charge in [-0.3, -0.25) is 0 Å². The molecule has 0 atom stereocenters. The van der Waals surface area contributed by atoms with E-state index in [4.69, 9.17) is 14.2 Å². The average molecular weight is 390 g/mol. The number of ether oxygens (including phenoxy) is 3. The van der Waals surface area contributed by atoms with Crippen molar-refractivity contribution in [1.29, 1.82) is 0 Å². The van der Waals surface area contributed by atoms with E-state index < -0.39 is 0 Å². The molecule has 1 heterocycles. The van der Waals surface area contributed by atoms with Crippen LogP contribution >= 0.6 is 0 Å². The number of rotatable bonds is 5. The number of aromatic nitrogens is 1. The molecule has 0 aliphatic heterocycles. The van der Waals surface area contributed by atoms with Crippen molar-refractivity contribution in [1.82, 2.24) is 4.98 Å². The van der Waals surface area contributed by atoms with Crippen LogP contribution in [0.3, 0.4) is 0 Å². The Morgan fingerprint density at radius 1 is 0.917 bits per heavy atom. The molecular weight excluding hydrogens is 369 g/mol. The van der Waals surface area contributed by atoms with Crippen LogP contribution in [0, 0.1) is 13.8 Å². The molecule has 0 unspecified atom stereocenters. The van der Waals surface area contributed by atoms with Gasteiger partial charge < -0.3 is 0 Å². The van der Waals surface area contributed by atoms with Crippen LogP contribution < -0.4 is 23.1 Å². The second-order valence-electron chi connectivity index (χ2n) is 5.54. The summed E-state index contributed by atoms with van der Waals surface area (Å²) >= 11 is 0.128.